The molecule has 0 radical (unpaired) electrons. The Hall–Kier alpha value is -1.67. The van der Waals surface area contributed by atoms with Crippen LogP contribution in [0.2, 0.25) is 0 Å². The van der Waals surface area contributed by atoms with E-state index in [-0.39, 0.29) is 12.8 Å². The molecule has 1 rings (SSSR count). The number of phosphoric acid groups is 1. The van der Waals surface area contributed by atoms with E-state index in [1.165, 1.54) is 51.4 Å². The Morgan fingerprint density at radius 3 is 1.38 bits per heavy atom. The number of carbonyl (C=O) groups is 2. The average Bonchev–Trinajstić information content (AvgIpc) is 3.16. The number of esters is 2. The molecule has 0 spiro atoms. The molecule has 0 saturated heterocycles. The summed E-state index contributed by atoms with van der Waals surface area (Å²) in [6.45, 7) is 3.23. The van der Waals surface area contributed by atoms with Crippen molar-refractivity contribution in [2.45, 2.75) is 211 Å². The zero-order chi connectivity index (χ0) is 40.7. The van der Waals surface area contributed by atoms with Crippen molar-refractivity contribution in [1.29, 1.82) is 0 Å². The van der Waals surface area contributed by atoms with Crippen molar-refractivity contribution < 1.29 is 63.1 Å². The van der Waals surface area contributed by atoms with E-state index >= 15 is 0 Å². The third-order valence-corrected chi connectivity index (χ3v) is 10.8. The molecule has 1 fully saturated rings. The molecular weight excluding hydrogens is 731 g/mol. The van der Waals surface area contributed by atoms with Crippen molar-refractivity contribution in [3.05, 3.63) is 24.3 Å². The molecule has 0 amide bonds. The molecule has 8 atom stereocenters. The van der Waals surface area contributed by atoms with E-state index in [2.05, 4.69) is 38.2 Å². The van der Waals surface area contributed by atoms with E-state index in [0.29, 0.717) is 12.8 Å². The maximum absolute atomic E-state index is 12.8. The van der Waals surface area contributed by atoms with Crippen molar-refractivity contribution in [2.24, 2.45) is 0 Å². The zero-order valence-corrected chi connectivity index (χ0v) is 34.6. The summed E-state index contributed by atoms with van der Waals surface area (Å²) in [6, 6.07) is 0. The van der Waals surface area contributed by atoms with Gasteiger partial charge in [0.25, 0.3) is 0 Å². The van der Waals surface area contributed by atoms with Crippen molar-refractivity contribution in [3.63, 3.8) is 0 Å². The molecule has 322 valence electrons. The summed E-state index contributed by atoms with van der Waals surface area (Å²) in [5, 5.41) is 50.0. The number of hydrogen-bond acceptors (Lipinski definition) is 12. The number of aliphatic hydroxyl groups excluding tert-OH is 5. The lowest BCUT2D eigenvalue weighted by molar-refractivity contribution is -0.220. The molecule has 6 N–H and O–H groups in total. The summed E-state index contributed by atoms with van der Waals surface area (Å²) in [5.41, 5.74) is 0. The summed E-state index contributed by atoms with van der Waals surface area (Å²) in [6.07, 6.45) is 19.6. The largest absolute Gasteiger partial charge is 0.472 e. The Balaban J connectivity index is 2.52. The third-order valence-electron chi connectivity index (χ3n) is 9.77. The molecule has 0 aromatic rings. The van der Waals surface area contributed by atoms with E-state index in [4.69, 9.17) is 18.5 Å². The van der Waals surface area contributed by atoms with Gasteiger partial charge >= 0.3 is 19.8 Å². The minimum absolute atomic E-state index is 0.0860. The van der Waals surface area contributed by atoms with Crippen LogP contribution in [0.15, 0.2) is 24.3 Å². The first-order chi connectivity index (χ1) is 26.4. The van der Waals surface area contributed by atoms with Gasteiger partial charge in [0, 0.05) is 12.8 Å². The number of aliphatic hydroxyl groups is 5. The van der Waals surface area contributed by atoms with Crippen LogP contribution in [0.5, 0.6) is 0 Å². The fraction of sp³-hybridized carbons (Fsp3) is 0.854. The highest BCUT2D eigenvalue weighted by Gasteiger charge is 2.51. The van der Waals surface area contributed by atoms with Gasteiger partial charge in [-0.25, -0.2) is 4.57 Å². The molecule has 0 heterocycles. The van der Waals surface area contributed by atoms with E-state index in [9.17, 15) is 44.6 Å². The molecular formula is C41H75O13P. The minimum Gasteiger partial charge on any atom is -0.462 e. The van der Waals surface area contributed by atoms with Crippen LogP contribution in [0.3, 0.4) is 0 Å². The average molecular weight is 807 g/mol. The molecule has 0 aromatic carbocycles. The smallest absolute Gasteiger partial charge is 0.462 e. The molecule has 0 bridgehead atoms. The maximum atomic E-state index is 12.8. The number of phosphoric ester groups is 1. The highest BCUT2D eigenvalue weighted by Crippen LogP contribution is 2.47. The third kappa shape index (κ3) is 25.3. The monoisotopic (exact) mass is 806 g/mol. The van der Waals surface area contributed by atoms with Crippen LogP contribution < -0.4 is 0 Å². The summed E-state index contributed by atoms with van der Waals surface area (Å²) in [7, 11) is -5.11. The number of unbranched alkanes of at least 4 members (excludes halogenated alkanes) is 18. The molecule has 3 unspecified atom stereocenters. The van der Waals surface area contributed by atoms with Gasteiger partial charge in [0.15, 0.2) is 6.10 Å². The fourth-order valence-electron chi connectivity index (χ4n) is 6.28. The first kappa shape index (κ1) is 51.3. The Morgan fingerprint density at radius 1 is 0.545 bits per heavy atom. The van der Waals surface area contributed by atoms with Gasteiger partial charge < -0.3 is 39.9 Å². The number of ether oxygens (including phenoxy) is 2. The van der Waals surface area contributed by atoms with Crippen molar-refractivity contribution in [2.75, 3.05) is 13.2 Å². The normalized spacial score (nSPS) is 23.3. The Morgan fingerprint density at radius 2 is 0.927 bits per heavy atom. The molecule has 1 saturated carbocycles. The second-order valence-corrected chi connectivity index (χ2v) is 16.2. The Labute approximate surface area is 330 Å². The van der Waals surface area contributed by atoms with Crippen LogP contribution in [0.1, 0.15) is 168 Å². The van der Waals surface area contributed by atoms with Crippen molar-refractivity contribution in [1.82, 2.24) is 0 Å². The van der Waals surface area contributed by atoms with E-state index in [1.54, 1.807) is 0 Å². The van der Waals surface area contributed by atoms with Gasteiger partial charge in [-0.15, -0.1) is 0 Å². The number of rotatable bonds is 34. The zero-order valence-electron chi connectivity index (χ0n) is 33.7. The van der Waals surface area contributed by atoms with Gasteiger partial charge in [-0.2, -0.15) is 0 Å². The van der Waals surface area contributed by atoms with Crippen LogP contribution in [0, 0.1) is 0 Å². The molecule has 0 aliphatic heterocycles. The lowest BCUT2D eigenvalue weighted by Crippen LogP contribution is -2.64. The highest BCUT2D eigenvalue weighted by atomic mass is 31.2. The van der Waals surface area contributed by atoms with Crippen LogP contribution in [-0.4, -0.2) is 98.3 Å². The van der Waals surface area contributed by atoms with Gasteiger partial charge in [0.1, 0.15) is 43.2 Å². The predicted octanol–water partition coefficient (Wildman–Crippen LogP) is 7.28. The summed E-state index contributed by atoms with van der Waals surface area (Å²) in [4.78, 5) is 35.5. The fourth-order valence-corrected chi connectivity index (χ4v) is 7.25. The summed E-state index contributed by atoms with van der Waals surface area (Å²) >= 11 is 0. The Bertz CT molecular complexity index is 1070. The minimum atomic E-state index is -5.11. The molecule has 13 nitrogen and oxygen atoms in total. The van der Waals surface area contributed by atoms with Gasteiger partial charge in [-0.3, -0.25) is 18.6 Å². The highest BCUT2D eigenvalue weighted by molar-refractivity contribution is 7.47. The van der Waals surface area contributed by atoms with Crippen LogP contribution >= 0.6 is 7.82 Å². The number of allylic oxidation sites excluding steroid dienone is 4. The van der Waals surface area contributed by atoms with Crippen LogP contribution in [0.4, 0.5) is 0 Å². The summed E-state index contributed by atoms with van der Waals surface area (Å²) < 4.78 is 33.4. The lowest BCUT2D eigenvalue weighted by atomic mass is 9.85. The van der Waals surface area contributed by atoms with Gasteiger partial charge in [0.2, 0.25) is 0 Å². The topological polar surface area (TPSA) is 210 Å². The van der Waals surface area contributed by atoms with Gasteiger partial charge in [0.05, 0.1) is 6.61 Å². The molecule has 1 aliphatic rings. The van der Waals surface area contributed by atoms with Crippen LogP contribution in [-0.2, 0) is 32.7 Å². The Kier molecular flexibility index (Phi) is 30.2. The van der Waals surface area contributed by atoms with Gasteiger partial charge in [-0.1, -0.05) is 115 Å². The van der Waals surface area contributed by atoms with E-state index in [0.717, 1.165) is 77.0 Å². The summed E-state index contributed by atoms with van der Waals surface area (Å²) in [5.74, 6) is -1.12. The van der Waals surface area contributed by atoms with Gasteiger partial charge in [-0.05, 0) is 64.2 Å². The second kappa shape index (κ2) is 32.3. The lowest BCUT2D eigenvalue weighted by Gasteiger charge is -2.41. The predicted molar refractivity (Wildman–Crippen MR) is 212 cm³/mol. The van der Waals surface area contributed by atoms with E-state index in [1.807, 2.05) is 0 Å². The molecule has 14 heteroatoms. The number of hydrogen-bond donors (Lipinski definition) is 6. The second-order valence-electron chi connectivity index (χ2n) is 14.8. The molecule has 55 heavy (non-hydrogen) atoms. The molecule has 0 aromatic heterocycles. The maximum Gasteiger partial charge on any atom is 0.472 e. The standard InChI is InChI=1S/C41H75O13P/c1-3-5-7-9-11-13-15-17-19-21-23-25-27-29-34(42)51-31-33(32-52-55(49,50)54-41-39(47)37(45)36(44)38(46)40(41)48)53-35(43)30-28-26-24-22-20-18-16-14-12-10-8-6-4-2/h13-16,33,36-41,44-48H,3-12,17-32H2,1-2H3,(H,49,50)/b15-13-,16-14-/t33-,36?,37-,38+,39-,40-,41?/m1/s1. The molecule has 1 aliphatic carbocycles. The first-order valence-electron chi connectivity index (χ1n) is 21.1. The van der Waals surface area contributed by atoms with Crippen molar-refractivity contribution >= 4 is 19.8 Å². The number of carbonyl (C=O) groups excluding carboxylic acids is 2. The quantitative estimate of drug-likeness (QED) is 0.0164. The van der Waals surface area contributed by atoms with Crippen molar-refractivity contribution in [3.8, 4) is 0 Å². The van der Waals surface area contributed by atoms with Crippen LogP contribution in [0.25, 0.3) is 0 Å². The first-order valence-corrected chi connectivity index (χ1v) is 22.6. The SMILES string of the molecule is CCCCCC/C=C\CCCCCCCC(=O)OC[C@H](COP(=O)(O)OC1[C@H](O)[C@H](O)C(O)[C@H](O)[C@H]1O)OC(=O)CCCCCCC/C=C\CCCCCC. The van der Waals surface area contributed by atoms with E-state index < -0.39 is 75.7 Å².